The molecule has 0 aromatic heterocycles. The van der Waals surface area contributed by atoms with Gasteiger partial charge in [-0.3, -0.25) is 0 Å². The number of nitrogens with zero attached hydrogens (tertiary/aromatic N) is 1. The van der Waals surface area contributed by atoms with E-state index in [9.17, 15) is 9.18 Å². The third-order valence-corrected chi connectivity index (χ3v) is 3.31. The number of anilines is 1. The van der Waals surface area contributed by atoms with Crippen LogP contribution in [0.2, 0.25) is 0 Å². The molecule has 0 fully saturated rings. The molecular formula is C15H20FNO2. The molecule has 0 bridgehead atoms. The Labute approximate surface area is 113 Å². The van der Waals surface area contributed by atoms with Crippen molar-refractivity contribution in [3.8, 4) is 0 Å². The highest BCUT2D eigenvalue weighted by molar-refractivity contribution is 5.85. The van der Waals surface area contributed by atoms with Gasteiger partial charge in [0.05, 0.1) is 0 Å². The Bertz CT molecular complexity index is 483. The standard InChI is InChI=1S/C15H20FNO2/c1-10(2)11(3)17(4)14-8-12(5-6-15(18)19)7-13(16)9-14/h5-11H,1-4H3,(H,18,19)/b6-5+. The van der Waals surface area contributed by atoms with E-state index in [0.29, 0.717) is 11.5 Å². The lowest BCUT2D eigenvalue weighted by atomic mass is 10.0. The van der Waals surface area contributed by atoms with Crippen LogP contribution in [0.1, 0.15) is 26.3 Å². The van der Waals surface area contributed by atoms with Gasteiger partial charge >= 0.3 is 5.97 Å². The Morgan fingerprint density at radius 3 is 2.47 bits per heavy atom. The van der Waals surface area contributed by atoms with Crippen molar-refractivity contribution < 1.29 is 14.3 Å². The summed E-state index contributed by atoms with van der Waals surface area (Å²) in [6.07, 6.45) is 2.40. The first-order valence-corrected chi connectivity index (χ1v) is 6.25. The molecule has 1 aromatic carbocycles. The number of hydrogen-bond acceptors (Lipinski definition) is 2. The zero-order chi connectivity index (χ0) is 14.6. The van der Waals surface area contributed by atoms with Gasteiger partial charge in [0.1, 0.15) is 5.82 Å². The van der Waals surface area contributed by atoms with Gasteiger partial charge in [-0.05, 0) is 42.7 Å². The molecule has 0 aliphatic rings. The fraction of sp³-hybridized carbons (Fsp3) is 0.400. The SMILES string of the molecule is CC(C)C(C)N(C)c1cc(F)cc(/C=C/C(=O)O)c1. The molecule has 1 atom stereocenters. The van der Waals surface area contributed by atoms with Crippen LogP contribution in [0.25, 0.3) is 6.08 Å². The van der Waals surface area contributed by atoms with Crippen molar-refractivity contribution in [2.24, 2.45) is 5.92 Å². The van der Waals surface area contributed by atoms with Crippen LogP contribution in [0.3, 0.4) is 0 Å². The zero-order valence-electron chi connectivity index (χ0n) is 11.7. The number of hydrogen-bond donors (Lipinski definition) is 1. The highest BCUT2D eigenvalue weighted by Gasteiger charge is 2.14. The van der Waals surface area contributed by atoms with Crippen LogP contribution in [0, 0.1) is 11.7 Å². The maximum atomic E-state index is 13.6. The monoisotopic (exact) mass is 265 g/mol. The molecule has 0 saturated heterocycles. The minimum absolute atomic E-state index is 0.262. The second kappa shape index (κ2) is 6.36. The van der Waals surface area contributed by atoms with Crippen molar-refractivity contribution in [2.75, 3.05) is 11.9 Å². The van der Waals surface area contributed by atoms with Crippen molar-refractivity contribution in [1.82, 2.24) is 0 Å². The lowest BCUT2D eigenvalue weighted by molar-refractivity contribution is -0.131. The van der Waals surface area contributed by atoms with Gasteiger partial charge in [0.15, 0.2) is 0 Å². The second-order valence-corrected chi connectivity index (χ2v) is 5.01. The van der Waals surface area contributed by atoms with Crippen LogP contribution in [-0.4, -0.2) is 24.2 Å². The summed E-state index contributed by atoms with van der Waals surface area (Å²) < 4.78 is 13.6. The van der Waals surface area contributed by atoms with Gasteiger partial charge in [0.2, 0.25) is 0 Å². The number of carbonyl (C=O) groups is 1. The van der Waals surface area contributed by atoms with E-state index in [2.05, 4.69) is 20.8 Å². The predicted molar refractivity (Wildman–Crippen MR) is 75.8 cm³/mol. The van der Waals surface area contributed by atoms with Crippen LogP contribution < -0.4 is 4.90 Å². The summed E-state index contributed by atoms with van der Waals surface area (Å²) in [6, 6.07) is 4.81. The first-order chi connectivity index (χ1) is 8.81. The van der Waals surface area contributed by atoms with Gasteiger partial charge in [0.25, 0.3) is 0 Å². The summed E-state index contributed by atoms with van der Waals surface area (Å²) in [5.41, 5.74) is 1.28. The molecule has 0 radical (unpaired) electrons. The number of halogens is 1. The van der Waals surface area contributed by atoms with Crippen LogP contribution in [0.15, 0.2) is 24.3 Å². The molecule has 0 spiro atoms. The van der Waals surface area contributed by atoms with Gasteiger partial charge in [-0.2, -0.15) is 0 Å². The van der Waals surface area contributed by atoms with E-state index in [1.54, 1.807) is 6.07 Å². The van der Waals surface area contributed by atoms with Crippen LogP contribution in [0.4, 0.5) is 10.1 Å². The number of carboxylic acid groups (broad SMARTS) is 1. The predicted octanol–water partition coefficient (Wildman–Crippen LogP) is 3.40. The summed E-state index contributed by atoms with van der Waals surface area (Å²) in [6.45, 7) is 6.28. The van der Waals surface area contributed by atoms with Crippen LogP contribution in [-0.2, 0) is 4.79 Å². The van der Waals surface area contributed by atoms with Gasteiger partial charge < -0.3 is 10.0 Å². The topological polar surface area (TPSA) is 40.5 Å². The van der Waals surface area contributed by atoms with Crippen molar-refractivity contribution in [1.29, 1.82) is 0 Å². The average Bonchev–Trinajstić information content (AvgIpc) is 2.33. The minimum Gasteiger partial charge on any atom is -0.478 e. The quantitative estimate of drug-likeness (QED) is 0.829. The van der Waals surface area contributed by atoms with Gasteiger partial charge in [-0.25, -0.2) is 9.18 Å². The molecule has 4 heteroatoms. The molecule has 0 heterocycles. The van der Waals surface area contributed by atoms with Crippen LogP contribution >= 0.6 is 0 Å². The Hall–Kier alpha value is -1.84. The molecule has 1 aromatic rings. The largest absolute Gasteiger partial charge is 0.478 e. The summed E-state index contributed by atoms with van der Waals surface area (Å²) >= 11 is 0. The normalized spacial score (nSPS) is 12.9. The first kappa shape index (κ1) is 15.2. The van der Waals surface area contributed by atoms with E-state index in [0.717, 1.165) is 11.8 Å². The van der Waals surface area contributed by atoms with Gasteiger partial charge in [-0.1, -0.05) is 13.8 Å². The lowest BCUT2D eigenvalue weighted by Gasteiger charge is -2.30. The third kappa shape index (κ3) is 4.39. The fourth-order valence-electron chi connectivity index (χ4n) is 1.75. The van der Waals surface area contributed by atoms with E-state index < -0.39 is 5.97 Å². The molecule has 3 nitrogen and oxygen atoms in total. The highest BCUT2D eigenvalue weighted by Crippen LogP contribution is 2.22. The average molecular weight is 265 g/mol. The fourth-order valence-corrected chi connectivity index (χ4v) is 1.75. The maximum Gasteiger partial charge on any atom is 0.328 e. The highest BCUT2D eigenvalue weighted by atomic mass is 19.1. The lowest BCUT2D eigenvalue weighted by Crippen LogP contribution is -2.33. The Morgan fingerprint density at radius 2 is 1.95 bits per heavy atom. The van der Waals surface area contributed by atoms with Crippen molar-refractivity contribution in [3.05, 3.63) is 35.7 Å². The van der Waals surface area contributed by atoms with E-state index in [1.807, 2.05) is 11.9 Å². The second-order valence-electron chi connectivity index (χ2n) is 5.01. The maximum absolute atomic E-state index is 13.6. The van der Waals surface area contributed by atoms with E-state index in [-0.39, 0.29) is 11.9 Å². The molecule has 19 heavy (non-hydrogen) atoms. The molecule has 0 aliphatic carbocycles. The smallest absolute Gasteiger partial charge is 0.328 e. The summed E-state index contributed by atoms with van der Waals surface area (Å²) in [4.78, 5) is 12.5. The number of aliphatic carboxylic acids is 1. The Kier molecular flexibility index (Phi) is 5.10. The Balaban J connectivity index is 3.05. The Morgan fingerprint density at radius 1 is 1.32 bits per heavy atom. The van der Waals surface area contributed by atoms with Crippen LogP contribution in [0.5, 0.6) is 0 Å². The summed E-state index contributed by atoms with van der Waals surface area (Å²) in [5, 5.41) is 8.59. The molecule has 104 valence electrons. The van der Waals surface area contributed by atoms with Gasteiger partial charge in [-0.15, -0.1) is 0 Å². The molecule has 1 unspecified atom stereocenters. The molecule has 0 saturated carbocycles. The molecule has 1 N–H and O–H groups in total. The van der Waals surface area contributed by atoms with E-state index in [4.69, 9.17) is 5.11 Å². The van der Waals surface area contributed by atoms with Gasteiger partial charge in [0, 0.05) is 24.9 Å². The third-order valence-electron chi connectivity index (χ3n) is 3.31. The number of carboxylic acids is 1. The molecular weight excluding hydrogens is 245 g/mol. The van der Waals surface area contributed by atoms with Crippen molar-refractivity contribution in [3.63, 3.8) is 0 Å². The molecule has 1 rings (SSSR count). The summed E-state index contributed by atoms with van der Waals surface area (Å²) in [5.74, 6) is -0.980. The zero-order valence-corrected chi connectivity index (χ0v) is 11.7. The molecule has 0 amide bonds. The van der Waals surface area contributed by atoms with E-state index in [1.165, 1.54) is 18.2 Å². The summed E-state index contributed by atoms with van der Waals surface area (Å²) in [7, 11) is 1.91. The first-order valence-electron chi connectivity index (χ1n) is 6.25. The number of rotatable bonds is 5. The van der Waals surface area contributed by atoms with E-state index >= 15 is 0 Å². The molecule has 0 aliphatic heterocycles. The van der Waals surface area contributed by atoms with Crippen molar-refractivity contribution >= 4 is 17.7 Å². The minimum atomic E-state index is -1.05. The van der Waals surface area contributed by atoms with Crippen molar-refractivity contribution in [2.45, 2.75) is 26.8 Å². The number of benzene rings is 1.